The van der Waals surface area contributed by atoms with Crippen LogP contribution in [-0.4, -0.2) is 56.3 Å². The normalized spacial score (nSPS) is 22.1. The predicted molar refractivity (Wildman–Crippen MR) is 84.0 cm³/mol. The van der Waals surface area contributed by atoms with Gasteiger partial charge in [0.05, 0.1) is 0 Å². The van der Waals surface area contributed by atoms with Crippen LogP contribution in [0.5, 0.6) is 0 Å². The quantitative estimate of drug-likeness (QED) is 0.696. The Labute approximate surface area is 124 Å². The first-order valence-corrected chi connectivity index (χ1v) is 9.33. The Morgan fingerprint density at radius 3 is 2.70 bits per heavy atom. The van der Waals surface area contributed by atoms with Gasteiger partial charge in [-0.25, -0.2) is 0 Å². The topological polar surface area (TPSA) is 52.7 Å². The van der Waals surface area contributed by atoms with Crippen LogP contribution in [-0.2, 0) is 10.2 Å². The zero-order valence-electron chi connectivity index (χ0n) is 13.3. The average molecular weight is 305 g/mol. The molecule has 5 nitrogen and oxygen atoms in total. The van der Waals surface area contributed by atoms with E-state index in [4.69, 9.17) is 0 Å². The summed E-state index contributed by atoms with van der Waals surface area (Å²) < 4.78 is 28.4. The molecule has 0 radical (unpaired) electrons. The van der Waals surface area contributed by atoms with Crippen LogP contribution in [0.15, 0.2) is 0 Å². The molecule has 1 rings (SSSR count). The van der Waals surface area contributed by atoms with E-state index in [2.05, 4.69) is 12.2 Å². The minimum Gasteiger partial charge on any atom is -0.317 e. The van der Waals surface area contributed by atoms with Crippen molar-refractivity contribution in [3.63, 3.8) is 0 Å². The maximum Gasteiger partial charge on any atom is 0.281 e. The Balaban J connectivity index is 2.48. The second-order valence-corrected chi connectivity index (χ2v) is 7.73. The molecule has 0 aromatic carbocycles. The van der Waals surface area contributed by atoms with E-state index in [9.17, 15) is 8.42 Å². The number of hydrogen-bond acceptors (Lipinski definition) is 3. The molecule has 1 atom stereocenters. The molecule has 0 bridgehead atoms. The first-order valence-electron chi connectivity index (χ1n) is 7.94. The Morgan fingerprint density at radius 1 is 1.25 bits per heavy atom. The van der Waals surface area contributed by atoms with Gasteiger partial charge in [-0.1, -0.05) is 19.8 Å². The van der Waals surface area contributed by atoms with Crippen LogP contribution in [0.25, 0.3) is 0 Å². The van der Waals surface area contributed by atoms with Gasteiger partial charge in [-0.05, 0) is 45.7 Å². The number of rotatable bonds is 8. The van der Waals surface area contributed by atoms with Gasteiger partial charge in [-0.15, -0.1) is 0 Å². The Hall–Kier alpha value is -0.170. The highest BCUT2D eigenvalue weighted by Crippen LogP contribution is 2.21. The summed E-state index contributed by atoms with van der Waals surface area (Å²) in [5.41, 5.74) is 0. The summed E-state index contributed by atoms with van der Waals surface area (Å²) in [5, 5.41) is 3.31. The maximum absolute atomic E-state index is 12.6. The van der Waals surface area contributed by atoms with Crippen LogP contribution < -0.4 is 5.32 Å². The Morgan fingerprint density at radius 2 is 2.00 bits per heavy atom. The van der Waals surface area contributed by atoms with Crippen molar-refractivity contribution >= 4 is 10.2 Å². The van der Waals surface area contributed by atoms with E-state index in [0.717, 1.165) is 51.6 Å². The van der Waals surface area contributed by atoms with Crippen molar-refractivity contribution in [3.8, 4) is 0 Å². The SMILES string of the molecule is CCCNCCCN(C)S(=O)(=O)N1CCCCCC1C. The van der Waals surface area contributed by atoms with Crippen LogP contribution in [0, 0.1) is 0 Å². The van der Waals surface area contributed by atoms with E-state index in [-0.39, 0.29) is 6.04 Å². The Bertz CT molecular complexity index is 359. The largest absolute Gasteiger partial charge is 0.317 e. The molecule has 1 unspecified atom stereocenters. The molecule has 0 spiro atoms. The van der Waals surface area contributed by atoms with Gasteiger partial charge in [0, 0.05) is 26.2 Å². The molecule has 0 aromatic heterocycles. The highest BCUT2D eigenvalue weighted by molar-refractivity contribution is 7.86. The zero-order valence-corrected chi connectivity index (χ0v) is 14.1. The third-order valence-electron chi connectivity index (χ3n) is 3.94. The first kappa shape index (κ1) is 17.9. The molecule has 0 aliphatic carbocycles. The lowest BCUT2D eigenvalue weighted by Crippen LogP contribution is -2.46. The summed E-state index contributed by atoms with van der Waals surface area (Å²) in [5.74, 6) is 0. The molecule has 0 amide bonds. The molecule has 120 valence electrons. The van der Waals surface area contributed by atoms with Crippen molar-refractivity contribution in [2.75, 3.05) is 33.2 Å². The molecule has 1 fully saturated rings. The summed E-state index contributed by atoms with van der Waals surface area (Å²) >= 11 is 0. The molecule has 0 aromatic rings. The molecule has 1 aliphatic rings. The summed E-state index contributed by atoms with van der Waals surface area (Å²) in [4.78, 5) is 0. The fourth-order valence-corrected chi connectivity index (χ4v) is 4.25. The first-order chi connectivity index (χ1) is 9.50. The highest BCUT2D eigenvalue weighted by Gasteiger charge is 2.31. The molecular formula is C14H31N3O2S. The van der Waals surface area contributed by atoms with Gasteiger partial charge in [0.15, 0.2) is 0 Å². The fourth-order valence-electron chi connectivity index (χ4n) is 2.61. The second-order valence-electron chi connectivity index (χ2n) is 5.74. The van der Waals surface area contributed by atoms with Crippen molar-refractivity contribution in [3.05, 3.63) is 0 Å². The van der Waals surface area contributed by atoms with Gasteiger partial charge < -0.3 is 5.32 Å². The van der Waals surface area contributed by atoms with Crippen LogP contribution in [0.3, 0.4) is 0 Å². The highest BCUT2D eigenvalue weighted by atomic mass is 32.2. The summed E-state index contributed by atoms with van der Waals surface area (Å²) in [6.07, 6.45) is 6.21. The van der Waals surface area contributed by atoms with E-state index < -0.39 is 10.2 Å². The maximum atomic E-state index is 12.6. The molecule has 1 aliphatic heterocycles. The molecule has 1 saturated heterocycles. The van der Waals surface area contributed by atoms with Crippen molar-refractivity contribution in [2.45, 2.75) is 58.4 Å². The van der Waals surface area contributed by atoms with Gasteiger partial charge in [0.25, 0.3) is 10.2 Å². The lowest BCUT2D eigenvalue weighted by atomic mass is 10.1. The minimum atomic E-state index is -3.29. The van der Waals surface area contributed by atoms with Crippen molar-refractivity contribution < 1.29 is 8.42 Å². The van der Waals surface area contributed by atoms with Gasteiger partial charge in [0.1, 0.15) is 0 Å². The van der Waals surface area contributed by atoms with E-state index in [1.165, 1.54) is 4.31 Å². The van der Waals surface area contributed by atoms with Crippen LogP contribution >= 0.6 is 0 Å². The van der Waals surface area contributed by atoms with Crippen molar-refractivity contribution in [1.29, 1.82) is 0 Å². The summed E-state index contributed by atoms with van der Waals surface area (Å²) in [6.45, 7) is 7.29. The number of hydrogen-bond donors (Lipinski definition) is 1. The fraction of sp³-hybridized carbons (Fsp3) is 1.00. The average Bonchev–Trinajstić information content (AvgIpc) is 2.63. The van der Waals surface area contributed by atoms with Gasteiger partial charge in [-0.2, -0.15) is 17.0 Å². The van der Waals surface area contributed by atoms with Crippen LogP contribution in [0.4, 0.5) is 0 Å². The van der Waals surface area contributed by atoms with E-state index in [1.807, 2.05) is 6.92 Å². The van der Waals surface area contributed by atoms with Gasteiger partial charge in [-0.3, -0.25) is 0 Å². The molecule has 1 heterocycles. The third kappa shape index (κ3) is 5.31. The molecule has 6 heteroatoms. The third-order valence-corrected chi connectivity index (χ3v) is 6.04. The summed E-state index contributed by atoms with van der Waals surface area (Å²) in [7, 11) is -1.59. The lowest BCUT2D eigenvalue weighted by Gasteiger charge is -2.30. The Kier molecular flexibility index (Phi) is 8.02. The van der Waals surface area contributed by atoms with Crippen LogP contribution in [0.2, 0.25) is 0 Å². The standard InChI is InChI=1S/C14H31N3O2S/c1-4-10-15-11-8-12-16(3)20(18,19)17-13-7-5-6-9-14(17)2/h14-15H,4-13H2,1-3H3. The molecule has 20 heavy (non-hydrogen) atoms. The van der Waals surface area contributed by atoms with Gasteiger partial charge >= 0.3 is 0 Å². The lowest BCUT2D eigenvalue weighted by molar-refractivity contribution is 0.308. The predicted octanol–water partition coefficient (Wildman–Crippen LogP) is 1.82. The molecule has 0 saturated carbocycles. The van der Waals surface area contributed by atoms with Crippen molar-refractivity contribution in [2.24, 2.45) is 0 Å². The number of nitrogens with zero attached hydrogens (tertiary/aromatic N) is 2. The van der Waals surface area contributed by atoms with Crippen molar-refractivity contribution in [1.82, 2.24) is 13.9 Å². The zero-order chi connectivity index (χ0) is 15.0. The van der Waals surface area contributed by atoms with E-state index in [0.29, 0.717) is 13.1 Å². The van der Waals surface area contributed by atoms with Crippen LogP contribution in [0.1, 0.15) is 52.4 Å². The van der Waals surface area contributed by atoms with E-state index in [1.54, 1.807) is 11.4 Å². The monoisotopic (exact) mass is 305 g/mol. The minimum absolute atomic E-state index is 0.128. The summed E-state index contributed by atoms with van der Waals surface area (Å²) in [6, 6.07) is 0.128. The number of nitrogens with one attached hydrogen (secondary N) is 1. The van der Waals surface area contributed by atoms with E-state index >= 15 is 0 Å². The second kappa shape index (κ2) is 8.97. The molecular weight excluding hydrogens is 274 g/mol. The molecule has 1 N–H and O–H groups in total. The smallest absolute Gasteiger partial charge is 0.281 e. The van der Waals surface area contributed by atoms with Gasteiger partial charge in [0.2, 0.25) is 0 Å².